The van der Waals surface area contributed by atoms with E-state index < -0.39 is 5.82 Å². The van der Waals surface area contributed by atoms with Gasteiger partial charge in [-0.2, -0.15) is 5.26 Å². The fraction of sp³-hybridized carbons (Fsp3) is 0.192. The minimum absolute atomic E-state index is 0.310. The number of halogens is 2. The van der Waals surface area contributed by atoms with Gasteiger partial charge in [0.25, 0.3) is 0 Å². The predicted octanol–water partition coefficient (Wildman–Crippen LogP) is 7.34. The van der Waals surface area contributed by atoms with Crippen molar-refractivity contribution in [2.45, 2.75) is 37.5 Å². The Hall–Kier alpha value is -3.08. The maximum Gasteiger partial charge on any atom is 0.139 e. The van der Waals surface area contributed by atoms with Crippen molar-refractivity contribution in [2.24, 2.45) is 0 Å². The van der Waals surface area contributed by atoms with Gasteiger partial charge in [0.1, 0.15) is 17.0 Å². The molecule has 0 aliphatic heterocycles. The van der Waals surface area contributed by atoms with E-state index in [4.69, 9.17) is 5.26 Å². The summed E-state index contributed by atoms with van der Waals surface area (Å²) in [6.07, 6.45) is 4.18. The molecule has 0 atom stereocenters. The number of thiocyanates is 1. The van der Waals surface area contributed by atoms with Crippen LogP contribution in [-0.2, 0) is 6.42 Å². The zero-order valence-electron chi connectivity index (χ0n) is 16.7. The zero-order valence-corrected chi connectivity index (χ0v) is 17.5. The van der Waals surface area contributed by atoms with Gasteiger partial charge in [0.2, 0.25) is 0 Å². The van der Waals surface area contributed by atoms with Gasteiger partial charge in [0, 0.05) is 16.0 Å². The molecule has 3 aromatic carbocycles. The highest BCUT2D eigenvalue weighted by Gasteiger charge is 2.06. The van der Waals surface area contributed by atoms with Gasteiger partial charge in [0.05, 0.1) is 5.56 Å². The van der Waals surface area contributed by atoms with Crippen LogP contribution in [0.15, 0.2) is 65.6 Å². The molecule has 0 amide bonds. The summed E-state index contributed by atoms with van der Waals surface area (Å²) in [4.78, 5) is 0.808. The van der Waals surface area contributed by atoms with Crippen molar-refractivity contribution in [3.8, 4) is 28.4 Å². The first-order valence-corrected chi connectivity index (χ1v) is 10.7. The zero-order chi connectivity index (χ0) is 21.3. The van der Waals surface area contributed by atoms with Crippen molar-refractivity contribution < 1.29 is 8.78 Å². The molecule has 0 spiro atoms. The van der Waals surface area contributed by atoms with Crippen molar-refractivity contribution in [2.75, 3.05) is 0 Å². The van der Waals surface area contributed by atoms with Crippen molar-refractivity contribution in [3.05, 3.63) is 89.0 Å². The van der Waals surface area contributed by atoms with Crippen LogP contribution in [0.3, 0.4) is 0 Å². The number of benzene rings is 3. The van der Waals surface area contributed by atoms with Gasteiger partial charge >= 0.3 is 0 Å². The van der Waals surface area contributed by atoms with Crippen LogP contribution in [0.4, 0.5) is 8.78 Å². The maximum atomic E-state index is 14.6. The largest absolute Gasteiger partial charge is 0.206 e. The topological polar surface area (TPSA) is 23.8 Å². The van der Waals surface area contributed by atoms with Crippen LogP contribution >= 0.6 is 11.8 Å². The highest BCUT2D eigenvalue weighted by molar-refractivity contribution is 8.03. The van der Waals surface area contributed by atoms with E-state index in [-0.39, 0.29) is 5.82 Å². The molecule has 1 nitrogen and oxygen atoms in total. The lowest BCUT2D eigenvalue weighted by Crippen LogP contribution is -1.91. The highest BCUT2D eigenvalue weighted by atomic mass is 32.2. The lowest BCUT2D eigenvalue weighted by Gasteiger charge is -2.05. The van der Waals surface area contributed by atoms with Crippen LogP contribution in [-0.4, -0.2) is 0 Å². The van der Waals surface area contributed by atoms with Gasteiger partial charge in [-0.1, -0.05) is 55.9 Å². The molecule has 0 saturated carbocycles. The molecule has 0 saturated heterocycles. The van der Waals surface area contributed by atoms with E-state index in [1.165, 1.54) is 12.1 Å². The summed E-state index contributed by atoms with van der Waals surface area (Å²) >= 11 is 1.06. The van der Waals surface area contributed by atoms with Crippen LogP contribution in [0.1, 0.15) is 42.9 Å². The number of hydrogen-bond donors (Lipinski definition) is 0. The predicted molar refractivity (Wildman–Crippen MR) is 119 cm³/mol. The van der Waals surface area contributed by atoms with E-state index in [0.717, 1.165) is 53.5 Å². The van der Waals surface area contributed by atoms with Gasteiger partial charge in [0.15, 0.2) is 0 Å². The van der Waals surface area contributed by atoms with Crippen molar-refractivity contribution in [1.29, 1.82) is 5.26 Å². The number of rotatable bonds is 6. The quantitative estimate of drug-likeness (QED) is 0.181. The molecular weight excluding hydrogens is 396 g/mol. The Morgan fingerprint density at radius 2 is 1.67 bits per heavy atom. The van der Waals surface area contributed by atoms with E-state index in [9.17, 15) is 8.78 Å². The third-order valence-electron chi connectivity index (χ3n) is 4.74. The van der Waals surface area contributed by atoms with E-state index in [0.29, 0.717) is 16.7 Å². The monoisotopic (exact) mass is 417 g/mol. The summed E-state index contributed by atoms with van der Waals surface area (Å²) in [7, 11) is 0. The van der Waals surface area contributed by atoms with Crippen LogP contribution in [0.5, 0.6) is 0 Å². The Balaban J connectivity index is 1.75. The molecule has 0 N–H and O–H groups in total. The fourth-order valence-electron chi connectivity index (χ4n) is 3.12. The molecular formula is C26H21F2NS. The lowest BCUT2D eigenvalue weighted by atomic mass is 10.0. The average molecular weight is 418 g/mol. The second-order valence-corrected chi connectivity index (χ2v) is 7.79. The van der Waals surface area contributed by atoms with E-state index in [2.05, 4.69) is 18.8 Å². The van der Waals surface area contributed by atoms with E-state index in [1.54, 1.807) is 42.5 Å². The van der Waals surface area contributed by atoms with E-state index >= 15 is 0 Å². The standard InChI is InChI=1S/C26H21F2NS/c1-2-3-4-5-19-6-9-22(25(27)16-19)10-7-20-8-15-24(26(28)17-20)21-11-13-23(14-12-21)30-18-29/h6,8-9,11-17H,2-5H2,1H3. The Kier molecular flexibility index (Phi) is 7.66. The highest BCUT2D eigenvalue weighted by Crippen LogP contribution is 2.26. The number of nitrogens with zero attached hydrogens (tertiary/aromatic N) is 1. The first kappa shape index (κ1) is 21.6. The Morgan fingerprint density at radius 1 is 0.867 bits per heavy atom. The molecule has 0 fully saturated rings. The average Bonchev–Trinajstić information content (AvgIpc) is 2.74. The molecule has 4 heteroatoms. The maximum absolute atomic E-state index is 14.6. The molecule has 3 aromatic rings. The van der Waals surface area contributed by atoms with Gasteiger partial charge in [-0.05, 0) is 72.1 Å². The summed E-state index contributed by atoms with van der Waals surface area (Å²) in [5, 5.41) is 10.7. The number of unbranched alkanes of at least 4 members (excludes halogenated alkanes) is 2. The number of nitriles is 1. The van der Waals surface area contributed by atoms with Crippen molar-refractivity contribution in [1.82, 2.24) is 0 Å². The van der Waals surface area contributed by atoms with Crippen LogP contribution in [0.2, 0.25) is 0 Å². The normalized spacial score (nSPS) is 10.2. The molecule has 0 bridgehead atoms. The first-order chi connectivity index (χ1) is 14.6. The molecule has 0 aromatic heterocycles. The van der Waals surface area contributed by atoms with Crippen LogP contribution < -0.4 is 0 Å². The first-order valence-electron chi connectivity index (χ1n) is 9.87. The van der Waals surface area contributed by atoms with Gasteiger partial charge < -0.3 is 0 Å². The Morgan fingerprint density at radius 3 is 2.33 bits per heavy atom. The van der Waals surface area contributed by atoms with Crippen molar-refractivity contribution >= 4 is 11.8 Å². The second-order valence-electron chi connectivity index (χ2n) is 6.93. The summed E-state index contributed by atoms with van der Waals surface area (Å²) in [5.41, 5.74) is 2.94. The van der Waals surface area contributed by atoms with Crippen molar-refractivity contribution in [3.63, 3.8) is 0 Å². The van der Waals surface area contributed by atoms with E-state index in [1.807, 2.05) is 11.5 Å². The molecule has 30 heavy (non-hydrogen) atoms. The SMILES string of the molecule is CCCCCc1ccc(C#Cc2ccc(-c3ccc(SC#N)cc3)c(F)c2)c(F)c1. The fourth-order valence-corrected chi connectivity index (χ4v) is 3.49. The molecule has 3 rings (SSSR count). The summed E-state index contributed by atoms with van der Waals surface area (Å²) in [6.45, 7) is 2.14. The molecule has 150 valence electrons. The third-order valence-corrected chi connectivity index (χ3v) is 5.34. The molecule has 0 aliphatic rings. The molecule has 0 heterocycles. The van der Waals surface area contributed by atoms with Crippen LogP contribution in [0.25, 0.3) is 11.1 Å². The number of hydrogen-bond acceptors (Lipinski definition) is 2. The summed E-state index contributed by atoms with van der Waals surface area (Å²) < 4.78 is 28.9. The van der Waals surface area contributed by atoms with Crippen LogP contribution in [0, 0.1) is 34.1 Å². The van der Waals surface area contributed by atoms with Gasteiger partial charge in [-0.15, -0.1) is 0 Å². The summed E-state index contributed by atoms with van der Waals surface area (Å²) in [5.74, 6) is 4.92. The van der Waals surface area contributed by atoms with Gasteiger partial charge in [-0.3, -0.25) is 0 Å². The minimum atomic E-state index is -0.394. The van der Waals surface area contributed by atoms with Gasteiger partial charge in [-0.25, -0.2) is 8.78 Å². The molecule has 0 unspecified atom stereocenters. The Labute approximate surface area is 180 Å². The Bertz CT molecular complexity index is 1120. The number of aryl methyl sites for hydroxylation is 1. The smallest absolute Gasteiger partial charge is 0.139 e. The summed E-state index contributed by atoms with van der Waals surface area (Å²) in [6, 6.07) is 17.0. The lowest BCUT2D eigenvalue weighted by molar-refractivity contribution is 0.619. The minimum Gasteiger partial charge on any atom is -0.206 e. The second kappa shape index (κ2) is 10.6. The third kappa shape index (κ3) is 5.72. The number of thioether (sulfide) groups is 1. The molecule has 0 radical (unpaired) electrons. The molecule has 0 aliphatic carbocycles.